The van der Waals surface area contributed by atoms with Crippen LogP contribution in [0.25, 0.3) is 145 Å². The maximum atomic E-state index is 8.94. The Morgan fingerprint density at radius 3 is 0.614 bits per heavy atom. The fraction of sp³-hybridized carbons (Fsp3) is 0.0303. The summed E-state index contributed by atoms with van der Waals surface area (Å²) in [5, 5.41) is 26.3. The molecule has 558 valence electrons. The van der Waals surface area contributed by atoms with Gasteiger partial charge in [-0.15, -0.1) is 0 Å². The van der Waals surface area contributed by atoms with Crippen molar-refractivity contribution in [3.63, 3.8) is 0 Å². The predicted molar refractivity (Wildman–Crippen MR) is 478 cm³/mol. The van der Waals surface area contributed by atoms with Crippen molar-refractivity contribution in [1.29, 1.82) is 0 Å². The minimum Gasteiger partial charge on any atom is -1.00 e. The molecule has 0 aliphatic rings. The first-order valence-corrected chi connectivity index (χ1v) is 41.8. The molecule has 0 saturated carbocycles. The molecular weight excluding hydrogens is 2000 g/mol. The second kappa shape index (κ2) is 49.0. The Kier molecular flexibility index (Phi) is 40.0. The van der Waals surface area contributed by atoms with Gasteiger partial charge in [0.25, 0.3) is 6.47 Å². The normalized spacial score (nSPS) is 10.1. The SMILES string of the molecule is Brc1ccc(-c2cc(-c3ccc(Br)cc3)nc(-c3ccc(Br)cc3)c2)cc1.CCC.O=CO[O-].OB(O)c1ccc(-c2ccccc2)cc1.[Br][Pd+].[CH3-].[Cs+].[Cs+].[H-].c1ccc(-c2ccc(-c3ccc(-c4cc(-c5ccc(-c6ccc(-c7ccccc7)cc6)cc5)nc(-c5ccc(-c6ccc(-c7ccccc7)cc6)cc5)c4)cc3)cc2)cc1. The van der Waals surface area contributed by atoms with Gasteiger partial charge in [-0.3, -0.25) is 4.79 Å². The summed E-state index contributed by atoms with van der Waals surface area (Å²) >= 11 is 15.9. The number of rotatable bonds is 15. The number of hydrogen-bond donors (Lipinski definition) is 2. The number of carbonyl (C=O) groups excluding carboxylic acids is 1. The number of benzene rings is 14. The largest absolute Gasteiger partial charge is 1.00 e. The minimum absolute atomic E-state index is 0. The number of aromatic nitrogens is 2. The van der Waals surface area contributed by atoms with E-state index in [9.17, 15) is 0 Å². The summed E-state index contributed by atoms with van der Waals surface area (Å²) in [5.74, 6) is 0. The first-order chi connectivity index (χ1) is 54.4. The van der Waals surface area contributed by atoms with Crippen molar-refractivity contribution in [3.05, 3.63) is 409 Å². The summed E-state index contributed by atoms with van der Waals surface area (Å²) in [4.78, 5) is 21.5. The number of pyridine rings is 2. The molecule has 0 atom stereocenters. The van der Waals surface area contributed by atoms with Gasteiger partial charge in [-0.2, -0.15) is 0 Å². The van der Waals surface area contributed by atoms with Crippen molar-refractivity contribution < 1.29 is 181 Å². The molecule has 2 aromatic heterocycles. The maximum Gasteiger partial charge on any atom is 1.00 e. The average molecular weight is 2080 g/mol. The van der Waals surface area contributed by atoms with E-state index in [2.05, 4.69) is 407 Å². The van der Waals surface area contributed by atoms with Crippen molar-refractivity contribution in [2.45, 2.75) is 20.3 Å². The van der Waals surface area contributed by atoms with Crippen molar-refractivity contribution in [2.75, 3.05) is 0 Å². The summed E-state index contributed by atoms with van der Waals surface area (Å²) in [6, 6.07) is 135. The molecule has 0 spiro atoms. The van der Waals surface area contributed by atoms with Gasteiger partial charge in [-0.25, -0.2) is 9.97 Å². The fourth-order valence-electron chi connectivity index (χ4n) is 12.3. The molecule has 114 heavy (non-hydrogen) atoms. The molecule has 0 amide bonds. The van der Waals surface area contributed by atoms with E-state index in [1.54, 1.807) is 12.1 Å². The molecule has 16 aromatic rings. The van der Waals surface area contributed by atoms with E-state index in [4.69, 9.17) is 30.1 Å². The molecule has 16 rings (SSSR count). The van der Waals surface area contributed by atoms with Gasteiger partial charge in [0.2, 0.25) is 0 Å². The van der Waals surface area contributed by atoms with E-state index in [1.807, 2.05) is 66.7 Å². The van der Waals surface area contributed by atoms with Gasteiger partial charge in [-0.1, -0.05) is 396 Å². The number of carbonyl (C=O) groups is 1. The van der Waals surface area contributed by atoms with E-state index < -0.39 is 7.12 Å². The van der Waals surface area contributed by atoms with Gasteiger partial charge in [0.15, 0.2) is 0 Å². The second-order valence-corrected chi connectivity index (χ2v) is 28.3. The van der Waals surface area contributed by atoms with E-state index in [0.717, 1.165) is 91.8 Å². The van der Waals surface area contributed by atoms with Gasteiger partial charge in [-0.05, 0) is 166 Å². The minimum atomic E-state index is -1.39. The molecule has 0 unspecified atom stereocenters. The van der Waals surface area contributed by atoms with Crippen LogP contribution in [0.15, 0.2) is 402 Å². The Hall–Kier alpha value is -6.52. The van der Waals surface area contributed by atoms with Gasteiger partial charge < -0.3 is 29.0 Å². The van der Waals surface area contributed by atoms with Crippen LogP contribution in [0.4, 0.5) is 0 Å². The number of hydrogen-bond acceptors (Lipinski definition) is 7. The molecule has 0 aliphatic carbocycles. The molecule has 0 aliphatic heterocycles. The average Bonchev–Trinajstić information content (AvgIpc) is 0.791. The third-order valence-corrected chi connectivity index (χ3v) is 19.6. The Bertz CT molecular complexity index is 5030. The summed E-state index contributed by atoms with van der Waals surface area (Å²) < 4.78 is 3.19. The van der Waals surface area contributed by atoms with Crippen molar-refractivity contribution in [1.82, 2.24) is 9.97 Å². The van der Waals surface area contributed by atoms with Crippen molar-refractivity contribution in [2.24, 2.45) is 0 Å². The predicted octanol–water partition coefficient (Wildman–Crippen LogP) is 20.8. The molecular formula is C99H79BBr4Cs2N2O5Pd. The van der Waals surface area contributed by atoms with Crippen LogP contribution < -0.4 is 149 Å². The van der Waals surface area contributed by atoms with Crippen LogP contribution in [0.2, 0.25) is 0 Å². The van der Waals surface area contributed by atoms with Crippen LogP contribution in [0, 0.1) is 7.43 Å². The molecule has 2 N–H and O–H groups in total. The van der Waals surface area contributed by atoms with Crippen LogP contribution in [-0.2, 0) is 26.9 Å². The van der Waals surface area contributed by atoms with Gasteiger partial charge in [0, 0.05) is 35.7 Å². The Balaban J connectivity index is 0.000000274. The molecule has 15 heteroatoms. The standard InChI is InChI=1S/C59H41N.C23H14Br3N.C12H11BO2.C3H8.CH2O3.CH3.BrH.2Cs.Pd.H/c1-4-10-42(11-5-1)45-16-22-48(23-17-45)51-28-30-54(31-29-51)57-40-58(55-36-32-52(33-37-55)49-24-18-46(19-25-49)43-12-6-2-7-13-43)60-59(41-57)56-38-34-53(35-39-56)50-26-20-47(21-27-50)44-14-8-3-9-15-44;24-19-7-1-15(2-8-19)18-13-22(16-3-9-20(25)10-4-16)27-23(14-18)17-5-11-21(26)12-6-17;14-13(15)12-8-6-11(7-9-12)10-4-2-1-3-5-10;1-3-2;2-1-4-3;;;;;;/h1-41H;1-14H;1-9,14-15H;3H2,1-2H3;1,3H;1H3;1H;;;;/q;;;;;-1;;2*+1;+2;-1/p-2. The molecule has 0 saturated heterocycles. The van der Waals surface area contributed by atoms with Crippen LogP contribution in [0.3, 0.4) is 0 Å². The zero-order valence-electron chi connectivity index (χ0n) is 64.7. The number of nitrogens with zero attached hydrogens (tertiary/aromatic N) is 2. The third kappa shape index (κ3) is 27.0. The smallest absolute Gasteiger partial charge is 1.00 e. The topological polar surface area (TPSA) is 116 Å². The molecule has 0 fully saturated rings. The Labute approximate surface area is 832 Å². The summed E-state index contributed by atoms with van der Waals surface area (Å²) in [6.45, 7) is 4.07. The van der Waals surface area contributed by atoms with Gasteiger partial charge >= 0.3 is 176 Å². The Morgan fingerprint density at radius 2 is 0.439 bits per heavy atom. The van der Waals surface area contributed by atoms with Crippen LogP contribution in [-0.4, -0.2) is 33.6 Å². The molecule has 7 nitrogen and oxygen atoms in total. The first-order valence-electron chi connectivity index (χ1n) is 35.9. The third-order valence-electron chi connectivity index (χ3n) is 18.0. The van der Waals surface area contributed by atoms with Crippen molar-refractivity contribution >= 4 is 80.3 Å². The van der Waals surface area contributed by atoms with Gasteiger partial charge in [0.05, 0.1) is 22.8 Å². The van der Waals surface area contributed by atoms with E-state index >= 15 is 0 Å². The van der Waals surface area contributed by atoms with Crippen molar-refractivity contribution in [3.8, 4) is 145 Å². The van der Waals surface area contributed by atoms with E-state index in [-0.39, 0.29) is 153 Å². The summed E-state index contributed by atoms with van der Waals surface area (Å²) in [7, 11) is -1.39. The molecule has 0 bridgehead atoms. The quantitative estimate of drug-likeness (QED) is 0.0345. The van der Waals surface area contributed by atoms with Crippen LogP contribution in [0.1, 0.15) is 21.7 Å². The van der Waals surface area contributed by atoms with Crippen LogP contribution in [0.5, 0.6) is 0 Å². The van der Waals surface area contributed by atoms with Gasteiger partial charge in [0.1, 0.15) is 0 Å². The zero-order chi connectivity index (χ0) is 77.7. The molecule has 14 aromatic carbocycles. The Morgan fingerprint density at radius 1 is 0.298 bits per heavy atom. The monoisotopic (exact) mass is 2070 g/mol. The number of halogens is 4. The maximum absolute atomic E-state index is 8.94. The van der Waals surface area contributed by atoms with E-state index in [1.165, 1.54) is 73.2 Å². The fourth-order valence-corrected chi connectivity index (χ4v) is 13.1. The molecule has 2 heterocycles. The molecule has 0 radical (unpaired) electrons. The first kappa shape index (κ1) is 93.0. The van der Waals surface area contributed by atoms with E-state index in [0.29, 0.717) is 5.46 Å². The second-order valence-electron chi connectivity index (χ2n) is 25.6. The van der Waals surface area contributed by atoms with Crippen LogP contribution >= 0.6 is 61.2 Å². The zero-order valence-corrected chi connectivity index (χ0v) is 84.1. The summed E-state index contributed by atoms with van der Waals surface area (Å²) in [6.07, 6.45) is 1.25. The summed E-state index contributed by atoms with van der Waals surface area (Å²) in [5.41, 5.74) is 29.9.